The second kappa shape index (κ2) is 6.02. The highest BCUT2D eigenvalue weighted by molar-refractivity contribution is 5.81. The summed E-state index contributed by atoms with van der Waals surface area (Å²) in [5, 5.41) is 6.52. The number of rotatable bonds is 6. The highest BCUT2D eigenvalue weighted by atomic mass is 16.5. The molecule has 0 spiro atoms. The average molecular weight is 280 g/mol. The van der Waals surface area contributed by atoms with Gasteiger partial charge in [-0.2, -0.15) is 0 Å². The number of carbonyl (C=O) groups excluding carboxylic acids is 1. The molecule has 3 fully saturated rings. The van der Waals surface area contributed by atoms with Gasteiger partial charge in [0, 0.05) is 19.7 Å². The number of ether oxygens (including phenoxy) is 1. The minimum absolute atomic E-state index is 0.0870. The van der Waals surface area contributed by atoms with Crippen molar-refractivity contribution in [3.8, 4) is 0 Å². The van der Waals surface area contributed by atoms with Crippen LogP contribution in [0.3, 0.4) is 0 Å². The van der Waals surface area contributed by atoms with Crippen molar-refractivity contribution in [3.63, 3.8) is 0 Å². The summed E-state index contributed by atoms with van der Waals surface area (Å²) in [6.45, 7) is 3.17. The number of hydrogen-bond donors (Lipinski definition) is 2. The summed E-state index contributed by atoms with van der Waals surface area (Å²) >= 11 is 0. The lowest BCUT2D eigenvalue weighted by Crippen LogP contribution is -2.50. The van der Waals surface area contributed by atoms with Gasteiger partial charge in [-0.15, -0.1) is 0 Å². The molecule has 0 aromatic rings. The maximum Gasteiger partial charge on any atom is 0.236 e. The molecule has 4 heteroatoms. The maximum absolute atomic E-state index is 12.0. The normalized spacial score (nSPS) is 39.8. The predicted octanol–water partition coefficient (Wildman–Crippen LogP) is 1.55. The molecule has 1 amide bonds. The summed E-state index contributed by atoms with van der Waals surface area (Å²) in [5.74, 6) is 3.85. The second-order valence-electron chi connectivity index (χ2n) is 6.93. The van der Waals surface area contributed by atoms with E-state index >= 15 is 0 Å². The molecule has 3 saturated carbocycles. The molecular formula is C16H28N2O2. The van der Waals surface area contributed by atoms with Crippen LogP contribution in [0.5, 0.6) is 0 Å². The van der Waals surface area contributed by atoms with E-state index in [1.165, 1.54) is 32.1 Å². The van der Waals surface area contributed by atoms with Crippen LogP contribution < -0.4 is 10.6 Å². The van der Waals surface area contributed by atoms with Gasteiger partial charge in [0.15, 0.2) is 0 Å². The lowest BCUT2D eigenvalue weighted by molar-refractivity contribution is -0.123. The number of nitrogens with one attached hydrogen (secondary N) is 2. The van der Waals surface area contributed by atoms with E-state index in [0.29, 0.717) is 19.2 Å². The van der Waals surface area contributed by atoms with Crippen molar-refractivity contribution < 1.29 is 9.53 Å². The van der Waals surface area contributed by atoms with E-state index in [2.05, 4.69) is 10.6 Å². The second-order valence-corrected chi connectivity index (χ2v) is 6.93. The summed E-state index contributed by atoms with van der Waals surface area (Å²) in [7, 11) is 1.65. The number of carbonyl (C=O) groups is 1. The van der Waals surface area contributed by atoms with Gasteiger partial charge in [-0.25, -0.2) is 0 Å². The zero-order valence-corrected chi connectivity index (χ0v) is 12.7. The van der Waals surface area contributed by atoms with Crippen LogP contribution in [0, 0.1) is 23.7 Å². The Morgan fingerprint density at radius 1 is 1.25 bits per heavy atom. The van der Waals surface area contributed by atoms with Crippen molar-refractivity contribution in [2.45, 2.75) is 51.1 Å². The van der Waals surface area contributed by atoms with Crippen molar-refractivity contribution >= 4 is 5.91 Å². The number of methoxy groups -OCH3 is 1. The molecule has 3 rings (SSSR count). The molecule has 0 radical (unpaired) electrons. The average Bonchev–Trinajstić information content (AvgIpc) is 3.10. The monoisotopic (exact) mass is 280 g/mol. The third-order valence-electron chi connectivity index (χ3n) is 5.89. The molecule has 4 nitrogen and oxygen atoms in total. The van der Waals surface area contributed by atoms with Crippen LogP contribution in [0.2, 0.25) is 0 Å². The Kier molecular flexibility index (Phi) is 4.32. The van der Waals surface area contributed by atoms with Crippen LogP contribution in [0.4, 0.5) is 0 Å². The minimum Gasteiger partial charge on any atom is -0.383 e. The quantitative estimate of drug-likeness (QED) is 0.726. The molecular weight excluding hydrogens is 252 g/mol. The van der Waals surface area contributed by atoms with Gasteiger partial charge >= 0.3 is 0 Å². The van der Waals surface area contributed by atoms with Crippen LogP contribution in [-0.4, -0.2) is 38.3 Å². The number of hydrogen-bond acceptors (Lipinski definition) is 3. The number of amides is 1. The first-order valence-corrected chi connectivity index (χ1v) is 8.23. The summed E-state index contributed by atoms with van der Waals surface area (Å²) in [4.78, 5) is 12.0. The van der Waals surface area contributed by atoms with Crippen molar-refractivity contribution in [3.05, 3.63) is 0 Å². The van der Waals surface area contributed by atoms with Gasteiger partial charge in [0.25, 0.3) is 0 Å². The van der Waals surface area contributed by atoms with Crippen molar-refractivity contribution in [1.82, 2.24) is 10.6 Å². The summed E-state index contributed by atoms with van der Waals surface area (Å²) in [6.07, 6.45) is 7.03. The first kappa shape index (κ1) is 14.3. The van der Waals surface area contributed by atoms with Crippen LogP contribution in [0.25, 0.3) is 0 Å². The van der Waals surface area contributed by atoms with Gasteiger partial charge in [-0.05, 0) is 56.3 Å². The molecule has 3 aliphatic rings. The zero-order chi connectivity index (χ0) is 14.1. The van der Waals surface area contributed by atoms with Gasteiger partial charge in [0.05, 0.1) is 12.6 Å². The van der Waals surface area contributed by atoms with Crippen LogP contribution in [-0.2, 0) is 9.53 Å². The highest BCUT2D eigenvalue weighted by Crippen LogP contribution is 2.58. The van der Waals surface area contributed by atoms with Gasteiger partial charge in [0.2, 0.25) is 5.91 Å². The molecule has 0 saturated heterocycles. The van der Waals surface area contributed by atoms with E-state index in [-0.39, 0.29) is 11.9 Å². The summed E-state index contributed by atoms with van der Waals surface area (Å²) in [5.41, 5.74) is 0. The molecule has 0 heterocycles. The van der Waals surface area contributed by atoms with Crippen LogP contribution in [0.1, 0.15) is 39.0 Å². The highest BCUT2D eigenvalue weighted by Gasteiger charge is 2.53. The van der Waals surface area contributed by atoms with E-state index in [1.807, 2.05) is 6.92 Å². The van der Waals surface area contributed by atoms with Gasteiger partial charge in [-0.3, -0.25) is 4.79 Å². The van der Waals surface area contributed by atoms with Crippen LogP contribution >= 0.6 is 0 Å². The fraction of sp³-hybridized carbons (Fsp3) is 0.938. The SMILES string of the molecule is COCCNC(=O)C(C)NC1CC2CC1C1CCCC21. The Balaban J connectivity index is 1.48. The summed E-state index contributed by atoms with van der Waals surface area (Å²) in [6, 6.07) is 0.485. The minimum atomic E-state index is -0.0870. The molecule has 20 heavy (non-hydrogen) atoms. The van der Waals surface area contributed by atoms with E-state index in [1.54, 1.807) is 7.11 Å². The molecule has 2 N–H and O–H groups in total. The first-order valence-electron chi connectivity index (χ1n) is 8.23. The fourth-order valence-corrected chi connectivity index (χ4v) is 5.09. The lowest BCUT2D eigenvalue weighted by Gasteiger charge is -2.33. The first-order chi connectivity index (χ1) is 9.70. The topological polar surface area (TPSA) is 50.4 Å². The maximum atomic E-state index is 12.0. The van der Waals surface area contributed by atoms with Gasteiger partial charge in [-0.1, -0.05) is 6.42 Å². The largest absolute Gasteiger partial charge is 0.383 e. The van der Waals surface area contributed by atoms with Crippen LogP contribution in [0.15, 0.2) is 0 Å². The Hall–Kier alpha value is -0.610. The van der Waals surface area contributed by atoms with E-state index in [4.69, 9.17) is 4.74 Å². The van der Waals surface area contributed by atoms with Crippen molar-refractivity contribution in [2.24, 2.45) is 23.7 Å². The summed E-state index contributed by atoms with van der Waals surface area (Å²) < 4.78 is 4.96. The van der Waals surface area contributed by atoms with Gasteiger partial charge < -0.3 is 15.4 Å². The molecule has 114 valence electrons. The molecule has 6 unspecified atom stereocenters. The molecule has 3 aliphatic carbocycles. The zero-order valence-electron chi connectivity index (χ0n) is 12.7. The molecule has 2 bridgehead atoms. The standard InChI is InChI=1S/C16H28N2O2/c1-10(16(19)17-6-7-20-2)18-15-9-11-8-14(15)13-5-3-4-12(11)13/h10-15,18H,3-9H2,1-2H3,(H,17,19). The lowest BCUT2D eigenvalue weighted by atomic mass is 9.79. The van der Waals surface area contributed by atoms with Crippen molar-refractivity contribution in [1.29, 1.82) is 0 Å². The van der Waals surface area contributed by atoms with E-state index < -0.39 is 0 Å². The predicted molar refractivity (Wildman–Crippen MR) is 78.3 cm³/mol. The van der Waals surface area contributed by atoms with E-state index in [9.17, 15) is 4.79 Å². The molecule has 0 aromatic carbocycles. The van der Waals surface area contributed by atoms with E-state index in [0.717, 1.165) is 23.7 Å². The molecule has 0 aliphatic heterocycles. The third kappa shape index (κ3) is 2.60. The Morgan fingerprint density at radius 2 is 2.05 bits per heavy atom. The molecule has 6 atom stereocenters. The molecule has 0 aromatic heterocycles. The smallest absolute Gasteiger partial charge is 0.236 e. The Bertz CT molecular complexity index is 360. The Morgan fingerprint density at radius 3 is 2.85 bits per heavy atom. The van der Waals surface area contributed by atoms with Crippen molar-refractivity contribution in [2.75, 3.05) is 20.3 Å². The number of fused-ring (bicyclic) bond motifs is 5. The fourth-order valence-electron chi connectivity index (χ4n) is 5.09. The third-order valence-corrected chi connectivity index (χ3v) is 5.89. The Labute approximate surface area is 122 Å². The van der Waals surface area contributed by atoms with Gasteiger partial charge in [0.1, 0.15) is 0 Å².